The van der Waals surface area contributed by atoms with Crippen LogP contribution >= 0.6 is 15.9 Å². The summed E-state index contributed by atoms with van der Waals surface area (Å²) in [6, 6.07) is 2.30. The Balaban J connectivity index is 2.18. The van der Waals surface area contributed by atoms with Crippen molar-refractivity contribution in [3.8, 4) is 11.5 Å². The van der Waals surface area contributed by atoms with E-state index < -0.39 is 23.1 Å². The van der Waals surface area contributed by atoms with E-state index in [1.54, 1.807) is 6.07 Å². The average Bonchev–Trinajstić information content (AvgIpc) is 2.71. The van der Waals surface area contributed by atoms with Gasteiger partial charge >= 0.3 is 18.1 Å². The standard InChI is InChI=1S/C18H13BrF7N3O4/c1-32-14-7-11(8-27-28-18(25,26)16(20,21)17(22,23)24)6-13(19)15(14)33-9-10-3-2-4-12(5-10)29(30)31/h2-8,28H,9H2,1H3/b27-8+. The quantitative estimate of drug-likeness (QED) is 0.144. The van der Waals surface area contributed by atoms with Gasteiger partial charge in [0.05, 0.1) is 22.7 Å². The Labute approximate surface area is 189 Å². The maximum Gasteiger partial charge on any atom is 0.462 e. The van der Waals surface area contributed by atoms with Crippen molar-refractivity contribution < 1.29 is 45.1 Å². The molecule has 0 radical (unpaired) electrons. The molecule has 0 aliphatic carbocycles. The summed E-state index contributed by atoms with van der Waals surface area (Å²) in [6.45, 7) is -0.121. The Morgan fingerprint density at radius 1 is 1.15 bits per heavy atom. The van der Waals surface area contributed by atoms with Gasteiger partial charge in [-0.1, -0.05) is 12.1 Å². The zero-order chi connectivity index (χ0) is 25.0. The number of rotatable bonds is 9. The molecule has 0 fully saturated rings. The zero-order valence-electron chi connectivity index (χ0n) is 16.3. The number of nitrogens with one attached hydrogen (secondary N) is 1. The van der Waals surface area contributed by atoms with Gasteiger partial charge in [-0.05, 0) is 39.2 Å². The molecule has 0 saturated heterocycles. The van der Waals surface area contributed by atoms with Crippen molar-refractivity contribution in [1.29, 1.82) is 0 Å². The van der Waals surface area contributed by atoms with Gasteiger partial charge < -0.3 is 9.47 Å². The van der Waals surface area contributed by atoms with E-state index in [0.717, 1.165) is 0 Å². The first-order chi connectivity index (χ1) is 15.2. The molecule has 15 heteroatoms. The Kier molecular flexibility index (Phi) is 7.77. The molecule has 0 amide bonds. The number of hydrazone groups is 1. The normalized spacial score (nSPS) is 12.6. The van der Waals surface area contributed by atoms with Gasteiger partial charge in [-0.15, -0.1) is 0 Å². The van der Waals surface area contributed by atoms with Crippen LogP contribution in [0.15, 0.2) is 46.0 Å². The van der Waals surface area contributed by atoms with E-state index >= 15 is 0 Å². The van der Waals surface area contributed by atoms with E-state index in [1.807, 2.05) is 0 Å². The molecule has 0 unspecified atom stereocenters. The minimum absolute atomic E-state index is 0.0173. The number of ether oxygens (including phenoxy) is 2. The lowest BCUT2D eigenvalue weighted by Crippen LogP contribution is -2.58. The largest absolute Gasteiger partial charge is 0.493 e. The van der Waals surface area contributed by atoms with Crippen LogP contribution in [0.3, 0.4) is 0 Å². The van der Waals surface area contributed by atoms with Crippen LogP contribution in [-0.4, -0.2) is 36.4 Å². The van der Waals surface area contributed by atoms with Gasteiger partial charge in [-0.2, -0.15) is 35.8 Å². The maximum atomic E-state index is 13.2. The minimum Gasteiger partial charge on any atom is -0.493 e. The molecule has 0 bridgehead atoms. The van der Waals surface area contributed by atoms with Crippen molar-refractivity contribution in [3.05, 3.63) is 62.1 Å². The maximum absolute atomic E-state index is 13.2. The second-order valence-electron chi connectivity index (χ2n) is 6.27. The monoisotopic (exact) mass is 547 g/mol. The average molecular weight is 548 g/mol. The van der Waals surface area contributed by atoms with Gasteiger partial charge in [-0.3, -0.25) is 10.1 Å². The number of nitro groups is 1. The smallest absolute Gasteiger partial charge is 0.462 e. The molecular formula is C18H13BrF7N3O4. The Bertz CT molecular complexity index is 1050. The highest BCUT2D eigenvalue weighted by atomic mass is 79.9. The molecule has 33 heavy (non-hydrogen) atoms. The summed E-state index contributed by atoms with van der Waals surface area (Å²) >= 11 is 3.13. The number of benzene rings is 2. The fraction of sp³-hybridized carbons (Fsp3) is 0.278. The first kappa shape index (κ1) is 26.2. The lowest BCUT2D eigenvalue weighted by Gasteiger charge is -2.27. The lowest BCUT2D eigenvalue weighted by molar-refractivity contribution is -0.384. The summed E-state index contributed by atoms with van der Waals surface area (Å²) in [5.74, 6) is -6.24. The second-order valence-corrected chi connectivity index (χ2v) is 7.12. The lowest BCUT2D eigenvalue weighted by atomic mass is 10.2. The van der Waals surface area contributed by atoms with E-state index in [2.05, 4.69) is 21.0 Å². The molecule has 0 aliphatic heterocycles. The van der Waals surface area contributed by atoms with E-state index in [0.29, 0.717) is 17.2 Å². The third kappa shape index (κ3) is 6.03. The molecule has 2 aromatic carbocycles. The summed E-state index contributed by atoms with van der Waals surface area (Å²) in [7, 11) is 1.22. The summed E-state index contributed by atoms with van der Waals surface area (Å²) in [5.41, 5.74) is 0.770. The van der Waals surface area contributed by atoms with Crippen LogP contribution in [0, 0.1) is 10.1 Å². The van der Waals surface area contributed by atoms with Gasteiger partial charge in [0.2, 0.25) is 0 Å². The van der Waals surface area contributed by atoms with Crippen LogP contribution in [0.2, 0.25) is 0 Å². The molecule has 2 aromatic rings. The van der Waals surface area contributed by atoms with Crippen molar-refractivity contribution in [2.24, 2.45) is 5.10 Å². The SMILES string of the molecule is COc1cc(/C=N/NC(F)(F)C(F)(F)C(F)(F)F)cc(Br)c1OCc1cccc([N+](=O)[O-])c1. The molecular weight excluding hydrogens is 535 g/mol. The minimum atomic E-state index is -6.50. The predicted molar refractivity (Wildman–Crippen MR) is 105 cm³/mol. The Morgan fingerprint density at radius 2 is 1.82 bits per heavy atom. The molecule has 1 N–H and O–H groups in total. The number of hydrogen-bond acceptors (Lipinski definition) is 6. The van der Waals surface area contributed by atoms with Crippen LogP contribution < -0.4 is 14.9 Å². The first-order valence-corrected chi connectivity index (χ1v) is 9.35. The molecule has 0 aromatic heterocycles. The highest BCUT2D eigenvalue weighted by Crippen LogP contribution is 2.45. The van der Waals surface area contributed by atoms with E-state index in [9.17, 15) is 40.8 Å². The number of non-ortho nitro benzene ring substituents is 1. The van der Waals surface area contributed by atoms with Crippen molar-refractivity contribution >= 4 is 27.8 Å². The molecule has 0 heterocycles. The number of nitro benzene ring substituents is 1. The van der Waals surface area contributed by atoms with Crippen molar-refractivity contribution in [3.63, 3.8) is 0 Å². The third-order valence-electron chi connectivity index (χ3n) is 3.93. The number of nitrogens with zero attached hydrogens (tertiary/aromatic N) is 2. The molecule has 0 aliphatic rings. The Morgan fingerprint density at radius 3 is 2.39 bits per heavy atom. The molecule has 0 saturated carbocycles. The van der Waals surface area contributed by atoms with Gasteiger partial charge in [0.25, 0.3) is 5.69 Å². The number of alkyl halides is 7. The molecule has 0 atom stereocenters. The van der Waals surface area contributed by atoms with Crippen molar-refractivity contribution in [1.82, 2.24) is 5.43 Å². The van der Waals surface area contributed by atoms with Crippen LogP contribution in [0.1, 0.15) is 11.1 Å². The summed E-state index contributed by atoms with van der Waals surface area (Å²) in [6.07, 6.45) is -5.93. The fourth-order valence-electron chi connectivity index (χ4n) is 2.31. The summed E-state index contributed by atoms with van der Waals surface area (Å²) in [5, 5.41) is 13.6. The third-order valence-corrected chi connectivity index (χ3v) is 4.51. The molecule has 180 valence electrons. The molecule has 0 spiro atoms. The topological polar surface area (TPSA) is 86.0 Å². The predicted octanol–water partition coefficient (Wildman–Crippen LogP) is 5.66. The molecule has 7 nitrogen and oxygen atoms in total. The molecule has 2 rings (SSSR count). The van der Waals surface area contributed by atoms with Crippen molar-refractivity contribution in [2.45, 2.75) is 24.8 Å². The van der Waals surface area contributed by atoms with E-state index in [1.165, 1.54) is 37.4 Å². The second kappa shape index (κ2) is 9.80. The van der Waals surface area contributed by atoms with Gasteiger partial charge in [0.1, 0.15) is 6.61 Å². The zero-order valence-corrected chi connectivity index (χ0v) is 17.9. The van der Waals surface area contributed by atoms with E-state index in [4.69, 9.17) is 9.47 Å². The van der Waals surface area contributed by atoms with E-state index in [-0.39, 0.29) is 33.8 Å². The Hall–Kier alpha value is -3.10. The van der Waals surface area contributed by atoms with Gasteiger partial charge in [-0.25, -0.2) is 5.43 Å². The van der Waals surface area contributed by atoms with Gasteiger partial charge in [0, 0.05) is 12.1 Å². The van der Waals surface area contributed by atoms with Crippen molar-refractivity contribution in [2.75, 3.05) is 7.11 Å². The van der Waals surface area contributed by atoms with Crippen LogP contribution in [-0.2, 0) is 6.61 Å². The van der Waals surface area contributed by atoms with Crippen LogP contribution in [0.5, 0.6) is 11.5 Å². The highest BCUT2D eigenvalue weighted by molar-refractivity contribution is 9.10. The fourth-order valence-corrected chi connectivity index (χ4v) is 2.88. The summed E-state index contributed by atoms with van der Waals surface area (Å²) < 4.78 is 99.5. The first-order valence-electron chi connectivity index (χ1n) is 8.56. The van der Waals surface area contributed by atoms with Crippen LogP contribution in [0.4, 0.5) is 36.4 Å². The highest BCUT2D eigenvalue weighted by Gasteiger charge is 2.73. The van der Waals surface area contributed by atoms with Crippen LogP contribution in [0.25, 0.3) is 0 Å². The summed E-state index contributed by atoms with van der Waals surface area (Å²) in [4.78, 5) is 10.3. The van der Waals surface area contributed by atoms with Gasteiger partial charge in [0.15, 0.2) is 11.5 Å². The number of hydrogen-bond donors (Lipinski definition) is 1. The number of methoxy groups -OCH3 is 1. The number of halogens is 8.